The highest BCUT2D eigenvalue weighted by Gasteiger charge is 2.29. The fourth-order valence-corrected chi connectivity index (χ4v) is 6.07. The third-order valence-electron chi connectivity index (χ3n) is 8.11. The van der Waals surface area contributed by atoms with Crippen molar-refractivity contribution in [3.05, 3.63) is 108 Å². The largest absolute Gasteiger partial charge is 1.00 e. The van der Waals surface area contributed by atoms with E-state index in [1.165, 1.54) is 11.6 Å². The summed E-state index contributed by atoms with van der Waals surface area (Å²) in [6.45, 7) is 1.78. The van der Waals surface area contributed by atoms with E-state index in [0.29, 0.717) is 18.0 Å². The van der Waals surface area contributed by atoms with Crippen LogP contribution in [0.25, 0.3) is 33.1 Å². The lowest BCUT2D eigenvalue weighted by atomic mass is 9.95. The summed E-state index contributed by atoms with van der Waals surface area (Å²) in [4.78, 5) is 4.88. The number of imidazole rings is 1. The first-order valence-corrected chi connectivity index (χ1v) is 13.9. The van der Waals surface area contributed by atoms with Crippen LogP contribution >= 0.6 is 0 Å². The number of nitrogens with zero attached hydrogens (tertiary/aromatic N) is 3. The van der Waals surface area contributed by atoms with Gasteiger partial charge in [-0.25, -0.2) is 9.37 Å². The van der Waals surface area contributed by atoms with Crippen LogP contribution < -0.4 is 35.9 Å². The Labute approximate surface area is 253 Å². The SMILES string of the molecule is COc1ccc2cc3[n+](cc2c1OCc1nc2ccccc2n1Cc1cccc(F)c1)CCc1cc2c(cc1-3)OCO2.[Cl-]. The second kappa shape index (κ2) is 10.8. The number of ether oxygens (including phenoxy) is 4. The van der Waals surface area contributed by atoms with E-state index in [1.807, 2.05) is 36.4 Å². The zero-order valence-electron chi connectivity index (χ0n) is 23.3. The lowest BCUT2D eigenvalue weighted by molar-refractivity contribution is -0.686. The van der Waals surface area contributed by atoms with E-state index in [9.17, 15) is 4.39 Å². The lowest BCUT2D eigenvalue weighted by Crippen LogP contribution is -3.00. The highest BCUT2D eigenvalue weighted by Crippen LogP contribution is 2.42. The van der Waals surface area contributed by atoms with Gasteiger partial charge in [0.1, 0.15) is 18.2 Å². The van der Waals surface area contributed by atoms with Gasteiger partial charge in [0, 0.05) is 19.0 Å². The van der Waals surface area contributed by atoms with Gasteiger partial charge in [-0.2, -0.15) is 4.57 Å². The highest BCUT2D eigenvalue weighted by atomic mass is 35.5. The average molecular weight is 596 g/mol. The first kappa shape index (κ1) is 27.0. The van der Waals surface area contributed by atoms with E-state index in [0.717, 1.165) is 68.9 Å². The molecule has 43 heavy (non-hydrogen) atoms. The van der Waals surface area contributed by atoms with Crippen LogP contribution in [0.1, 0.15) is 17.0 Å². The Bertz CT molecular complexity index is 2030. The topological polar surface area (TPSA) is 58.6 Å². The number of methoxy groups -OCH3 is 1. The van der Waals surface area contributed by atoms with Crippen LogP contribution in [0.15, 0.2) is 85.1 Å². The third kappa shape index (κ3) is 4.68. The molecule has 0 bridgehead atoms. The van der Waals surface area contributed by atoms with Gasteiger partial charge < -0.3 is 35.9 Å². The van der Waals surface area contributed by atoms with Gasteiger partial charge in [0.15, 0.2) is 35.7 Å². The summed E-state index contributed by atoms with van der Waals surface area (Å²) in [6, 6.07) is 25.0. The summed E-state index contributed by atoms with van der Waals surface area (Å²) in [7, 11) is 1.65. The van der Waals surface area contributed by atoms with Crippen molar-refractivity contribution < 1.29 is 40.3 Å². The molecule has 4 aromatic carbocycles. The molecule has 7 nitrogen and oxygen atoms in total. The Morgan fingerprint density at radius 2 is 1.84 bits per heavy atom. The van der Waals surface area contributed by atoms with Gasteiger partial charge in [-0.1, -0.05) is 24.3 Å². The molecule has 0 N–H and O–H groups in total. The van der Waals surface area contributed by atoms with Crippen LogP contribution in [0.5, 0.6) is 23.0 Å². The van der Waals surface area contributed by atoms with E-state index < -0.39 is 0 Å². The molecule has 0 radical (unpaired) electrons. The number of para-hydroxylation sites is 2. The summed E-state index contributed by atoms with van der Waals surface area (Å²) in [5, 5.41) is 1.99. The maximum Gasteiger partial charge on any atom is 0.231 e. The summed E-state index contributed by atoms with van der Waals surface area (Å²) < 4.78 is 41.9. The molecule has 0 saturated heterocycles. The molecule has 0 amide bonds. The first-order valence-electron chi connectivity index (χ1n) is 13.9. The molecule has 4 heterocycles. The molecule has 9 heteroatoms. The van der Waals surface area contributed by atoms with E-state index in [1.54, 1.807) is 19.2 Å². The van der Waals surface area contributed by atoms with Gasteiger partial charge in [-0.05, 0) is 65.0 Å². The van der Waals surface area contributed by atoms with Crippen molar-refractivity contribution in [2.45, 2.75) is 26.1 Å². The Morgan fingerprint density at radius 3 is 2.70 bits per heavy atom. The average Bonchev–Trinajstić information content (AvgIpc) is 3.61. The lowest BCUT2D eigenvalue weighted by Gasteiger charge is -2.18. The summed E-state index contributed by atoms with van der Waals surface area (Å²) >= 11 is 0. The Kier molecular flexibility index (Phi) is 6.78. The van der Waals surface area contributed by atoms with Crippen LogP contribution in [0.4, 0.5) is 4.39 Å². The first-order chi connectivity index (χ1) is 20.6. The molecule has 2 aromatic heterocycles. The number of benzene rings is 4. The number of rotatable bonds is 6. The van der Waals surface area contributed by atoms with Crippen LogP contribution in [-0.2, 0) is 26.1 Å². The molecule has 0 atom stereocenters. The molecule has 6 aromatic rings. The van der Waals surface area contributed by atoms with E-state index >= 15 is 0 Å². The molecule has 2 aliphatic rings. The normalized spacial score (nSPS) is 13.0. The molecule has 0 aliphatic carbocycles. The van der Waals surface area contributed by atoms with E-state index in [-0.39, 0.29) is 31.6 Å². The van der Waals surface area contributed by atoms with Crippen molar-refractivity contribution >= 4 is 21.8 Å². The number of fused-ring (bicyclic) bond motifs is 6. The fraction of sp³-hybridized carbons (Fsp3) is 0.176. The number of halogens is 2. The Balaban J connectivity index is 0.00000300. The quantitative estimate of drug-likeness (QED) is 0.277. The number of aryl methyl sites for hydroxylation is 2. The summed E-state index contributed by atoms with van der Waals surface area (Å²) in [6.07, 6.45) is 3.03. The van der Waals surface area contributed by atoms with Gasteiger partial charge in [-0.15, -0.1) is 0 Å². The maximum atomic E-state index is 14.0. The summed E-state index contributed by atoms with van der Waals surface area (Å²) in [5.74, 6) is 3.38. The van der Waals surface area contributed by atoms with Crippen molar-refractivity contribution in [1.29, 1.82) is 0 Å². The Hall–Kier alpha value is -4.82. The smallest absolute Gasteiger partial charge is 0.231 e. The summed E-state index contributed by atoms with van der Waals surface area (Å²) in [5.41, 5.74) is 6.21. The van der Waals surface area contributed by atoms with Crippen LogP contribution in [0.3, 0.4) is 0 Å². The zero-order chi connectivity index (χ0) is 28.2. The highest BCUT2D eigenvalue weighted by molar-refractivity contribution is 5.91. The number of hydrogen-bond donors (Lipinski definition) is 0. The van der Waals surface area contributed by atoms with Gasteiger partial charge in [-0.3, -0.25) is 0 Å². The van der Waals surface area contributed by atoms with Crippen molar-refractivity contribution in [1.82, 2.24) is 9.55 Å². The molecule has 0 unspecified atom stereocenters. The minimum Gasteiger partial charge on any atom is -1.00 e. The van der Waals surface area contributed by atoms with Gasteiger partial charge in [0.05, 0.1) is 29.1 Å². The maximum absolute atomic E-state index is 14.0. The van der Waals surface area contributed by atoms with Crippen LogP contribution in [0, 0.1) is 5.82 Å². The molecule has 0 spiro atoms. The Morgan fingerprint density at radius 1 is 0.977 bits per heavy atom. The molecular formula is C34H27ClFN3O4. The minimum atomic E-state index is -0.260. The molecule has 216 valence electrons. The monoisotopic (exact) mass is 595 g/mol. The predicted molar refractivity (Wildman–Crippen MR) is 156 cm³/mol. The van der Waals surface area contributed by atoms with Gasteiger partial charge in [0.2, 0.25) is 12.5 Å². The van der Waals surface area contributed by atoms with Crippen molar-refractivity contribution in [3.8, 4) is 34.3 Å². The van der Waals surface area contributed by atoms with Gasteiger partial charge >= 0.3 is 0 Å². The van der Waals surface area contributed by atoms with Crippen molar-refractivity contribution in [3.63, 3.8) is 0 Å². The third-order valence-corrected chi connectivity index (χ3v) is 8.11. The number of aromatic nitrogens is 3. The van der Waals surface area contributed by atoms with E-state index in [2.05, 4.69) is 39.6 Å². The number of hydrogen-bond acceptors (Lipinski definition) is 5. The number of pyridine rings is 1. The molecule has 8 rings (SSSR count). The zero-order valence-corrected chi connectivity index (χ0v) is 24.1. The van der Waals surface area contributed by atoms with E-state index in [4.69, 9.17) is 23.9 Å². The van der Waals surface area contributed by atoms with Crippen molar-refractivity contribution in [2.24, 2.45) is 0 Å². The standard InChI is InChI=1S/C34H27FN3O4.ClH/c1-39-30-10-9-22-14-29-25-16-32-31(41-20-42-32)15-23(25)11-12-37(29)18-26(22)34(30)40-19-33-36-27-7-2-3-8-28(27)38(33)17-21-5-4-6-24(35)13-21;/h2-10,13-16,18H,11-12,17,19-20H2,1H3;1H/q+1;/p-1. The second-order valence-electron chi connectivity index (χ2n) is 10.6. The minimum absolute atomic E-state index is 0. The molecule has 0 saturated carbocycles. The molecular weight excluding hydrogens is 569 g/mol. The fourth-order valence-electron chi connectivity index (χ4n) is 6.07. The van der Waals surface area contributed by atoms with Crippen molar-refractivity contribution in [2.75, 3.05) is 13.9 Å². The predicted octanol–water partition coefficient (Wildman–Crippen LogP) is 3.21. The molecule has 2 aliphatic heterocycles. The van der Waals surface area contributed by atoms with Gasteiger partial charge in [0.25, 0.3) is 0 Å². The second-order valence-corrected chi connectivity index (χ2v) is 10.6. The van der Waals surface area contributed by atoms with Crippen LogP contribution in [0.2, 0.25) is 0 Å². The van der Waals surface area contributed by atoms with Crippen LogP contribution in [-0.4, -0.2) is 23.5 Å². The molecule has 0 fully saturated rings.